The molecule has 0 spiro atoms. The monoisotopic (exact) mass is 224 g/mol. The second-order valence-electron chi connectivity index (χ2n) is 5.70. The third-order valence-corrected chi connectivity index (χ3v) is 4.38. The molecule has 1 aliphatic carbocycles. The summed E-state index contributed by atoms with van der Waals surface area (Å²) in [5.41, 5.74) is 1.29. The van der Waals surface area contributed by atoms with E-state index in [9.17, 15) is 5.11 Å². The molecule has 1 N–H and O–H groups in total. The average Bonchev–Trinajstić information content (AvgIpc) is 2.64. The highest BCUT2D eigenvalue weighted by atomic mass is 32.1. The molecule has 1 aromatic rings. The van der Waals surface area contributed by atoms with Gasteiger partial charge in [-0.1, -0.05) is 13.8 Å². The molecule has 1 heterocycles. The molecule has 1 nitrogen and oxygen atoms in total. The normalized spacial score (nSPS) is 23.9. The van der Waals surface area contributed by atoms with E-state index in [0.717, 1.165) is 32.1 Å². The van der Waals surface area contributed by atoms with Crippen LogP contribution in [0.3, 0.4) is 0 Å². The van der Waals surface area contributed by atoms with Crippen molar-refractivity contribution < 1.29 is 5.11 Å². The fourth-order valence-electron chi connectivity index (χ4n) is 2.34. The quantitative estimate of drug-likeness (QED) is 0.813. The van der Waals surface area contributed by atoms with E-state index >= 15 is 0 Å². The minimum atomic E-state index is -0.434. The van der Waals surface area contributed by atoms with Gasteiger partial charge in [0.05, 0.1) is 5.60 Å². The minimum absolute atomic E-state index is 0.431. The van der Waals surface area contributed by atoms with Gasteiger partial charge in [0.2, 0.25) is 0 Å². The third kappa shape index (κ3) is 2.82. The first-order valence-electron chi connectivity index (χ1n) is 5.73. The van der Waals surface area contributed by atoms with Crippen LogP contribution >= 0.6 is 11.3 Å². The Morgan fingerprint density at radius 3 is 2.47 bits per heavy atom. The molecule has 15 heavy (non-hydrogen) atoms. The van der Waals surface area contributed by atoms with E-state index in [0.29, 0.717) is 5.41 Å². The second kappa shape index (κ2) is 3.91. The molecule has 0 unspecified atom stereocenters. The molecule has 0 bridgehead atoms. The predicted octanol–water partition coefficient (Wildman–Crippen LogP) is 3.62. The molecule has 1 aromatic heterocycles. The van der Waals surface area contributed by atoms with Gasteiger partial charge in [-0.15, -0.1) is 0 Å². The fraction of sp³-hybridized carbons (Fsp3) is 0.692. The summed E-state index contributed by atoms with van der Waals surface area (Å²) in [4.78, 5) is 0. The van der Waals surface area contributed by atoms with Gasteiger partial charge < -0.3 is 5.11 Å². The molecular formula is C13H20OS. The van der Waals surface area contributed by atoms with Crippen LogP contribution in [0, 0.1) is 5.41 Å². The summed E-state index contributed by atoms with van der Waals surface area (Å²) >= 11 is 1.72. The topological polar surface area (TPSA) is 20.2 Å². The van der Waals surface area contributed by atoms with E-state index in [1.165, 1.54) is 5.56 Å². The molecule has 0 aromatic carbocycles. The van der Waals surface area contributed by atoms with Gasteiger partial charge in [0.25, 0.3) is 0 Å². The molecule has 1 saturated carbocycles. The molecule has 0 saturated heterocycles. The number of thiophene rings is 1. The van der Waals surface area contributed by atoms with Crippen LogP contribution in [0.4, 0.5) is 0 Å². The van der Waals surface area contributed by atoms with Crippen molar-refractivity contribution in [2.45, 2.75) is 51.6 Å². The maximum Gasteiger partial charge on any atom is 0.0688 e. The Labute approximate surface area is 96.1 Å². The molecule has 1 fully saturated rings. The first-order chi connectivity index (χ1) is 6.99. The molecule has 0 amide bonds. The minimum Gasteiger partial charge on any atom is -0.390 e. The van der Waals surface area contributed by atoms with Crippen molar-refractivity contribution in [2.24, 2.45) is 5.41 Å². The Morgan fingerprint density at radius 1 is 1.27 bits per heavy atom. The van der Waals surface area contributed by atoms with E-state index in [4.69, 9.17) is 0 Å². The third-order valence-electron chi connectivity index (χ3n) is 3.65. The van der Waals surface area contributed by atoms with Crippen molar-refractivity contribution in [2.75, 3.05) is 0 Å². The van der Waals surface area contributed by atoms with Gasteiger partial charge in [-0.25, -0.2) is 0 Å². The summed E-state index contributed by atoms with van der Waals surface area (Å²) in [6.07, 6.45) is 5.04. The van der Waals surface area contributed by atoms with Crippen LogP contribution in [-0.2, 0) is 6.42 Å². The number of hydrogen-bond acceptors (Lipinski definition) is 2. The van der Waals surface area contributed by atoms with Gasteiger partial charge in [0.15, 0.2) is 0 Å². The van der Waals surface area contributed by atoms with Gasteiger partial charge in [0.1, 0.15) is 0 Å². The van der Waals surface area contributed by atoms with Gasteiger partial charge in [-0.05, 0) is 53.5 Å². The number of hydrogen-bond donors (Lipinski definition) is 1. The van der Waals surface area contributed by atoms with Crippen molar-refractivity contribution in [3.63, 3.8) is 0 Å². The van der Waals surface area contributed by atoms with Crippen LogP contribution in [0.25, 0.3) is 0 Å². The zero-order valence-corrected chi connectivity index (χ0v) is 10.4. The zero-order valence-electron chi connectivity index (χ0n) is 9.62. The summed E-state index contributed by atoms with van der Waals surface area (Å²) in [5.74, 6) is 0. The molecule has 2 heteroatoms. The fourth-order valence-corrected chi connectivity index (χ4v) is 3.01. The van der Waals surface area contributed by atoms with E-state index in [-0.39, 0.29) is 0 Å². The summed E-state index contributed by atoms with van der Waals surface area (Å²) in [6, 6.07) is 2.13. The maximum atomic E-state index is 10.5. The SMILES string of the molecule is CC1(C)CCC(O)(Cc2ccsc2)CC1. The summed E-state index contributed by atoms with van der Waals surface area (Å²) in [7, 11) is 0. The first-order valence-corrected chi connectivity index (χ1v) is 6.67. The van der Waals surface area contributed by atoms with Crippen molar-refractivity contribution in [1.29, 1.82) is 0 Å². The lowest BCUT2D eigenvalue weighted by atomic mass is 9.69. The molecule has 84 valence electrons. The van der Waals surface area contributed by atoms with E-state index in [1.54, 1.807) is 11.3 Å². The van der Waals surface area contributed by atoms with Crippen molar-refractivity contribution >= 4 is 11.3 Å². The molecule has 0 atom stereocenters. The maximum absolute atomic E-state index is 10.5. The van der Waals surface area contributed by atoms with Crippen LogP contribution < -0.4 is 0 Å². The second-order valence-corrected chi connectivity index (χ2v) is 6.48. The lowest BCUT2D eigenvalue weighted by molar-refractivity contribution is -0.0250. The Balaban J connectivity index is 1.98. The highest BCUT2D eigenvalue weighted by Crippen LogP contribution is 2.41. The summed E-state index contributed by atoms with van der Waals surface area (Å²) < 4.78 is 0. The van der Waals surface area contributed by atoms with Crippen LogP contribution in [-0.4, -0.2) is 10.7 Å². The van der Waals surface area contributed by atoms with E-state index in [1.807, 2.05) is 0 Å². The molecule has 0 aliphatic heterocycles. The van der Waals surface area contributed by atoms with Crippen molar-refractivity contribution in [1.82, 2.24) is 0 Å². The van der Waals surface area contributed by atoms with Crippen LogP contribution in [0.2, 0.25) is 0 Å². The number of rotatable bonds is 2. The molecular weight excluding hydrogens is 204 g/mol. The standard InChI is InChI=1S/C13H20OS/c1-12(2)4-6-13(14,7-5-12)9-11-3-8-15-10-11/h3,8,10,14H,4-7,9H2,1-2H3. The first kappa shape index (κ1) is 11.2. The van der Waals surface area contributed by atoms with Gasteiger partial charge >= 0.3 is 0 Å². The summed E-state index contributed by atoms with van der Waals surface area (Å²) in [5, 5.41) is 14.7. The largest absolute Gasteiger partial charge is 0.390 e. The smallest absolute Gasteiger partial charge is 0.0688 e. The van der Waals surface area contributed by atoms with E-state index < -0.39 is 5.60 Å². The van der Waals surface area contributed by atoms with Crippen LogP contribution in [0.15, 0.2) is 16.8 Å². The van der Waals surface area contributed by atoms with Gasteiger partial charge in [0, 0.05) is 6.42 Å². The van der Waals surface area contributed by atoms with E-state index in [2.05, 4.69) is 30.7 Å². The average molecular weight is 224 g/mol. The van der Waals surface area contributed by atoms with Crippen LogP contribution in [0.5, 0.6) is 0 Å². The predicted molar refractivity (Wildman–Crippen MR) is 65.2 cm³/mol. The molecule has 2 rings (SSSR count). The van der Waals surface area contributed by atoms with Crippen molar-refractivity contribution in [3.05, 3.63) is 22.4 Å². The van der Waals surface area contributed by atoms with Crippen LogP contribution in [0.1, 0.15) is 45.1 Å². The molecule has 1 aliphatic rings. The molecule has 0 radical (unpaired) electrons. The Morgan fingerprint density at radius 2 is 1.93 bits per heavy atom. The summed E-state index contributed by atoms with van der Waals surface area (Å²) in [6.45, 7) is 4.61. The van der Waals surface area contributed by atoms with Crippen molar-refractivity contribution in [3.8, 4) is 0 Å². The van der Waals surface area contributed by atoms with Gasteiger partial charge in [-0.3, -0.25) is 0 Å². The highest BCUT2D eigenvalue weighted by molar-refractivity contribution is 7.07. The number of aliphatic hydroxyl groups is 1. The lowest BCUT2D eigenvalue weighted by Gasteiger charge is -2.40. The zero-order chi connectivity index (χ0) is 10.9. The Hall–Kier alpha value is -0.340. The Kier molecular flexibility index (Phi) is 2.91. The highest BCUT2D eigenvalue weighted by Gasteiger charge is 2.36. The lowest BCUT2D eigenvalue weighted by Crippen LogP contribution is -2.38. The van der Waals surface area contributed by atoms with Gasteiger partial charge in [-0.2, -0.15) is 11.3 Å². The Bertz CT molecular complexity index is 303.